The Labute approximate surface area is 85.2 Å². The molecule has 13 heavy (non-hydrogen) atoms. The van der Waals surface area contributed by atoms with Crippen molar-refractivity contribution >= 4 is 11.3 Å². The van der Waals surface area contributed by atoms with Crippen molar-refractivity contribution < 1.29 is 0 Å². The van der Waals surface area contributed by atoms with Crippen molar-refractivity contribution in [2.24, 2.45) is 0 Å². The summed E-state index contributed by atoms with van der Waals surface area (Å²) in [5.74, 6) is 0. The van der Waals surface area contributed by atoms with Crippen molar-refractivity contribution in [1.29, 1.82) is 0 Å². The zero-order valence-corrected chi connectivity index (χ0v) is 9.36. The van der Waals surface area contributed by atoms with Gasteiger partial charge < -0.3 is 5.32 Å². The van der Waals surface area contributed by atoms with Gasteiger partial charge >= 0.3 is 0 Å². The second-order valence-corrected chi connectivity index (χ2v) is 4.11. The minimum absolute atomic E-state index is 0.699. The standard InChI is InChI=1S/C11H19NS/c1-3-11(12-4-2)6-5-10-7-8-13-9-10/h7-9,11-12H,3-6H2,1-2H3. The third kappa shape index (κ3) is 3.92. The molecule has 0 aliphatic carbocycles. The molecule has 0 spiro atoms. The second-order valence-electron chi connectivity index (χ2n) is 3.33. The van der Waals surface area contributed by atoms with E-state index in [1.807, 2.05) is 0 Å². The third-order valence-corrected chi connectivity index (χ3v) is 3.08. The van der Waals surface area contributed by atoms with Crippen molar-refractivity contribution in [2.75, 3.05) is 6.54 Å². The van der Waals surface area contributed by atoms with E-state index in [2.05, 4.69) is 36.0 Å². The summed E-state index contributed by atoms with van der Waals surface area (Å²) in [7, 11) is 0. The fraction of sp³-hybridized carbons (Fsp3) is 0.636. The summed E-state index contributed by atoms with van der Waals surface area (Å²) in [6.45, 7) is 5.51. The molecule has 0 radical (unpaired) electrons. The topological polar surface area (TPSA) is 12.0 Å². The lowest BCUT2D eigenvalue weighted by atomic mass is 10.1. The highest BCUT2D eigenvalue weighted by Crippen LogP contribution is 2.10. The van der Waals surface area contributed by atoms with Crippen LogP contribution in [0, 0.1) is 0 Å². The highest BCUT2D eigenvalue weighted by atomic mass is 32.1. The molecule has 1 rings (SSSR count). The number of hydrogen-bond donors (Lipinski definition) is 1. The van der Waals surface area contributed by atoms with E-state index in [-0.39, 0.29) is 0 Å². The summed E-state index contributed by atoms with van der Waals surface area (Å²) >= 11 is 1.79. The van der Waals surface area contributed by atoms with Crippen molar-refractivity contribution in [3.8, 4) is 0 Å². The first-order valence-corrected chi connectivity index (χ1v) is 6.05. The van der Waals surface area contributed by atoms with Gasteiger partial charge in [0.2, 0.25) is 0 Å². The predicted octanol–water partition coefficient (Wildman–Crippen LogP) is 3.07. The molecule has 1 aromatic heterocycles. The zero-order chi connectivity index (χ0) is 9.52. The van der Waals surface area contributed by atoms with E-state index in [1.54, 1.807) is 11.3 Å². The van der Waals surface area contributed by atoms with Crippen LogP contribution in [-0.4, -0.2) is 12.6 Å². The van der Waals surface area contributed by atoms with E-state index in [1.165, 1.54) is 24.8 Å². The van der Waals surface area contributed by atoms with Crippen LogP contribution in [0.5, 0.6) is 0 Å². The molecule has 0 saturated carbocycles. The first-order valence-electron chi connectivity index (χ1n) is 5.11. The molecular weight excluding hydrogens is 178 g/mol. The Morgan fingerprint density at radius 1 is 1.46 bits per heavy atom. The quantitative estimate of drug-likeness (QED) is 0.739. The number of nitrogens with one attached hydrogen (secondary N) is 1. The Kier molecular flexibility index (Phi) is 5.09. The van der Waals surface area contributed by atoms with E-state index in [9.17, 15) is 0 Å². The van der Waals surface area contributed by atoms with Gasteiger partial charge in [0.25, 0.3) is 0 Å². The molecule has 74 valence electrons. The summed E-state index contributed by atoms with van der Waals surface area (Å²) < 4.78 is 0. The molecule has 1 N–H and O–H groups in total. The van der Waals surface area contributed by atoms with Crippen LogP contribution in [0.25, 0.3) is 0 Å². The van der Waals surface area contributed by atoms with E-state index in [4.69, 9.17) is 0 Å². The van der Waals surface area contributed by atoms with Crippen LogP contribution >= 0.6 is 11.3 Å². The van der Waals surface area contributed by atoms with Crippen LogP contribution in [0.3, 0.4) is 0 Å². The van der Waals surface area contributed by atoms with Gasteiger partial charge in [-0.3, -0.25) is 0 Å². The van der Waals surface area contributed by atoms with Crippen LogP contribution in [0.15, 0.2) is 16.8 Å². The Balaban J connectivity index is 2.23. The van der Waals surface area contributed by atoms with Crippen LogP contribution in [0.2, 0.25) is 0 Å². The van der Waals surface area contributed by atoms with Crippen molar-refractivity contribution in [3.63, 3.8) is 0 Å². The lowest BCUT2D eigenvalue weighted by Gasteiger charge is -2.14. The molecule has 1 aromatic rings. The number of thiophene rings is 1. The van der Waals surface area contributed by atoms with Gasteiger partial charge in [0.15, 0.2) is 0 Å². The molecule has 1 unspecified atom stereocenters. The van der Waals surface area contributed by atoms with E-state index in [0.717, 1.165) is 6.54 Å². The molecule has 1 heterocycles. The maximum atomic E-state index is 3.50. The van der Waals surface area contributed by atoms with Gasteiger partial charge in [0.05, 0.1) is 0 Å². The molecule has 0 aromatic carbocycles. The van der Waals surface area contributed by atoms with Crippen LogP contribution in [-0.2, 0) is 6.42 Å². The lowest BCUT2D eigenvalue weighted by Crippen LogP contribution is -2.28. The summed E-state index contributed by atoms with van der Waals surface area (Å²) in [4.78, 5) is 0. The molecular formula is C11H19NS. The maximum Gasteiger partial charge on any atom is 0.00674 e. The van der Waals surface area contributed by atoms with Crippen molar-refractivity contribution in [3.05, 3.63) is 22.4 Å². The Morgan fingerprint density at radius 3 is 2.85 bits per heavy atom. The molecule has 1 nitrogen and oxygen atoms in total. The molecule has 0 aliphatic heterocycles. The van der Waals surface area contributed by atoms with Gasteiger partial charge in [-0.15, -0.1) is 0 Å². The van der Waals surface area contributed by atoms with Gasteiger partial charge in [-0.25, -0.2) is 0 Å². The molecule has 0 saturated heterocycles. The van der Waals surface area contributed by atoms with Crippen LogP contribution in [0.1, 0.15) is 32.3 Å². The largest absolute Gasteiger partial charge is 0.314 e. The molecule has 0 aliphatic rings. The summed E-state index contributed by atoms with van der Waals surface area (Å²) in [6.07, 6.45) is 3.72. The first-order chi connectivity index (χ1) is 6.36. The zero-order valence-electron chi connectivity index (χ0n) is 8.55. The SMILES string of the molecule is CCNC(CC)CCc1ccsc1. The Bertz CT molecular complexity index is 206. The van der Waals surface area contributed by atoms with Gasteiger partial charge in [-0.05, 0) is 48.2 Å². The number of rotatable bonds is 6. The predicted molar refractivity (Wildman–Crippen MR) is 60.4 cm³/mol. The lowest BCUT2D eigenvalue weighted by molar-refractivity contribution is 0.481. The molecule has 0 fully saturated rings. The molecule has 0 bridgehead atoms. The van der Waals surface area contributed by atoms with Gasteiger partial charge in [0.1, 0.15) is 0 Å². The summed E-state index contributed by atoms with van der Waals surface area (Å²) in [6, 6.07) is 2.92. The fourth-order valence-electron chi connectivity index (χ4n) is 1.51. The minimum atomic E-state index is 0.699. The normalized spacial score (nSPS) is 13.1. The molecule has 0 amide bonds. The van der Waals surface area contributed by atoms with E-state index >= 15 is 0 Å². The fourth-order valence-corrected chi connectivity index (χ4v) is 2.22. The Morgan fingerprint density at radius 2 is 2.31 bits per heavy atom. The minimum Gasteiger partial charge on any atom is -0.314 e. The monoisotopic (exact) mass is 197 g/mol. The average Bonchev–Trinajstić information content (AvgIpc) is 2.64. The van der Waals surface area contributed by atoms with Gasteiger partial charge in [-0.1, -0.05) is 13.8 Å². The van der Waals surface area contributed by atoms with Gasteiger partial charge in [-0.2, -0.15) is 11.3 Å². The highest BCUT2D eigenvalue weighted by Gasteiger charge is 2.04. The van der Waals surface area contributed by atoms with Crippen LogP contribution < -0.4 is 5.32 Å². The summed E-state index contributed by atoms with van der Waals surface area (Å²) in [5.41, 5.74) is 1.49. The second kappa shape index (κ2) is 6.17. The van der Waals surface area contributed by atoms with E-state index < -0.39 is 0 Å². The first kappa shape index (κ1) is 10.7. The Hall–Kier alpha value is -0.340. The van der Waals surface area contributed by atoms with E-state index in [0.29, 0.717) is 6.04 Å². The number of hydrogen-bond acceptors (Lipinski definition) is 2. The van der Waals surface area contributed by atoms with Gasteiger partial charge in [0, 0.05) is 6.04 Å². The molecule has 2 heteroatoms. The maximum absolute atomic E-state index is 3.50. The van der Waals surface area contributed by atoms with Crippen LogP contribution in [0.4, 0.5) is 0 Å². The van der Waals surface area contributed by atoms with Crippen molar-refractivity contribution in [2.45, 2.75) is 39.2 Å². The third-order valence-electron chi connectivity index (χ3n) is 2.35. The molecule has 1 atom stereocenters. The van der Waals surface area contributed by atoms with Crippen molar-refractivity contribution in [1.82, 2.24) is 5.32 Å². The highest BCUT2D eigenvalue weighted by molar-refractivity contribution is 7.07. The number of aryl methyl sites for hydroxylation is 1. The summed E-state index contributed by atoms with van der Waals surface area (Å²) in [5, 5.41) is 7.90. The average molecular weight is 197 g/mol. The smallest absolute Gasteiger partial charge is 0.00674 e.